The maximum absolute atomic E-state index is 11.6. The standard InChI is InChI=1S/C15H16O/c1-10(16)12-7-4-8-14-13-6-3-2-5-11(13)9-15(12)14/h4,7-8H,2-3,5-6,9H2,1H3. The zero-order chi connectivity index (χ0) is 11.1. The lowest BCUT2D eigenvalue weighted by Gasteiger charge is -2.13. The molecule has 16 heavy (non-hydrogen) atoms. The SMILES string of the molecule is CC(=O)c1cccc2c1CC1=C2CCCC1. The Morgan fingerprint density at radius 1 is 1.19 bits per heavy atom. The van der Waals surface area contributed by atoms with E-state index in [-0.39, 0.29) is 5.78 Å². The number of rotatable bonds is 1. The highest BCUT2D eigenvalue weighted by atomic mass is 16.1. The summed E-state index contributed by atoms with van der Waals surface area (Å²) in [7, 11) is 0. The van der Waals surface area contributed by atoms with Crippen molar-refractivity contribution in [2.24, 2.45) is 0 Å². The van der Waals surface area contributed by atoms with Crippen molar-refractivity contribution < 1.29 is 4.79 Å². The molecule has 2 aliphatic carbocycles. The van der Waals surface area contributed by atoms with Gasteiger partial charge in [0, 0.05) is 5.56 Å². The van der Waals surface area contributed by atoms with Gasteiger partial charge in [0.2, 0.25) is 0 Å². The fourth-order valence-electron chi connectivity index (χ4n) is 3.09. The van der Waals surface area contributed by atoms with Gasteiger partial charge in [-0.3, -0.25) is 4.79 Å². The van der Waals surface area contributed by atoms with Crippen LogP contribution in [0.1, 0.15) is 54.1 Å². The van der Waals surface area contributed by atoms with Crippen LogP contribution < -0.4 is 0 Å². The predicted molar refractivity (Wildman–Crippen MR) is 65.5 cm³/mol. The summed E-state index contributed by atoms with van der Waals surface area (Å²) < 4.78 is 0. The van der Waals surface area contributed by atoms with Gasteiger partial charge in [-0.1, -0.05) is 23.8 Å². The Kier molecular flexibility index (Phi) is 2.20. The average molecular weight is 212 g/mol. The highest BCUT2D eigenvalue weighted by molar-refractivity contribution is 5.98. The highest BCUT2D eigenvalue weighted by Crippen LogP contribution is 2.42. The van der Waals surface area contributed by atoms with E-state index >= 15 is 0 Å². The van der Waals surface area contributed by atoms with Gasteiger partial charge in [0.1, 0.15) is 0 Å². The quantitative estimate of drug-likeness (QED) is 0.647. The van der Waals surface area contributed by atoms with Crippen molar-refractivity contribution in [2.45, 2.75) is 39.0 Å². The second kappa shape index (κ2) is 3.58. The minimum Gasteiger partial charge on any atom is -0.295 e. The van der Waals surface area contributed by atoms with Crippen molar-refractivity contribution in [3.05, 3.63) is 40.5 Å². The maximum Gasteiger partial charge on any atom is 0.160 e. The second-order valence-corrected chi connectivity index (χ2v) is 4.85. The lowest BCUT2D eigenvalue weighted by Crippen LogP contribution is -1.99. The maximum atomic E-state index is 11.6. The van der Waals surface area contributed by atoms with Crippen molar-refractivity contribution in [1.82, 2.24) is 0 Å². The number of hydrogen-bond acceptors (Lipinski definition) is 1. The molecule has 0 saturated heterocycles. The lowest BCUT2D eigenvalue weighted by atomic mass is 9.92. The van der Waals surface area contributed by atoms with E-state index in [1.54, 1.807) is 18.1 Å². The van der Waals surface area contributed by atoms with E-state index in [9.17, 15) is 4.79 Å². The van der Waals surface area contributed by atoms with Gasteiger partial charge in [-0.25, -0.2) is 0 Å². The fraction of sp³-hybridized carbons (Fsp3) is 0.400. The third kappa shape index (κ3) is 1.35. The van der Waals surface area contributed by atoms with Gasteiger partial charge in [0.25, 0.3) is 0 Å². The molecule has 0 amide bonds. The molecule has 1 aromatic carbocycles. The molecule has 0 aliphatic heterocycles. The third-order valence-corrected chi connectivity index (χ3v) is 3.85. The topological polar surface area (TPSA) is 17.1 Å². The summed E-state index contributed by atoms with van der Waals surface area (Å²) in [6.07, 6.45) is 6.11. The zero-order valence-electron chi connectivity index (χ0n) is 9.68. The molecule has 82 valence electrons. The Balaban J connectivity index is 2.13. The largest absolute Gasteiger partial charge is 0.295 e. The second-order valence-electron chi connectivity index (χ2n) is 4.85. The molecule has 0 heterocycles. The van der Waals surface area contributed by atoms with Crippen LogP contribution in [0.25, 0.3) is 5.57 Å². The molecular weight excluding hydrogens is 196 g/mol. The first-order valence-electron chi connectivity index (χ1n) is 6.11. The van der Waals surface area contributed by atoms with Gasteiger partial charge in [-0.15, -0.1) is 0 Å². The molecular formula is C15H16O. The Morgan fingerprint density at radius 2 is 2.00 bits per heavy atom. The van der Waals surface area contributed by atoms with Crippen molar-refractivity contribution in [3.63, 3.8) is 0 Å². The molecule has 0 unspecified atom stereocenters. The fourth-order valence-corrected chi connectivity index (χ4v) is 3.09. The summed E-state index contributed by atoms with van der Waals surface area (Å²) in [6, 6.07) is 6.19. The van der Waals surface area contributed by atoms with E-state index < -0.39 is 0 Å². The molecule has 1 heteroatoms. The van der Waals surface area contributed by atoms with Crippen LogP contribution >= 0.6 is 0 Å². The monoisotopic (exact) mass is 212 g/mol. The summed E-state index contributed by atoms with van der Waals surface area (Å²) in [4.78, 5) is 11.6. The number of hydrogen-bond donors (Lipinski definition) is 0. The van der Waals surface area contributed by atoms with Gasteiger partial charge in [-0.2, -0.15) is 0 Å². The van der Waals surface area contributed by atoms with Gasteiger partial charge in [0.15, 0.2) is 5.78 Å². The molecule has 0 radical (unpaired) electrons. The Hall–Kier alpha value is -1.37. The number of carbonyl (C=O) groups excluding carboxylic acids is 1. The van der Waals surface area contributed by atoms with Crippen molar-refractivity contribution in [2.75, 3.05) is 0 Å². The minimum atomic E-state index is 0.205. The number of allylic oxidation sites excluding steroid dienone is 2. The van der Waals surface area contributed by atoms with E-state index in [1.807, 2.05) is 12.1 Å². The molecule has 0 N–H and O–H groups in total. The van der Waals surface area contributed by atoms with Crippen molar-refractivity contribution >= 4 is 11.4 Å². The van der Waals surface area contributed by atoms with E-state index in [0.29, 0.717) is 0 Å². The molecule has 0 saturated carbocycles. The van der Waals surface area contributed by atoms with Crippen LogP contribution in [-0.2, 0) is 6.42 Å². The molecule has 0 fully saturated rings. The summed E-state index contributed by atoms with van der Waals surface area (Å²) in [5, 5.41) is 0. The van der Waals surface area contributed by atoms with Crippen molar-refractivity contribution in [3.8, 4) is 0 Å². The molecule has 0 bridgehead atoms. The minimum absolute atomic E-state index is 0.205. The van der Waals surface area contributed by atoms with Crippen LogP contribution in [0.2, 0.25) is 0 Å². The van der Waals surface area contributed by atoms with E-state index in [4.69, 9.17) is 0 Å². The van der Waals surface area contributed by atoms with Crippen LogP contribution in [0, 0.1) is 0 Å². The van der Waals surface area contributed by atoms with Gasteiger partial charge in [-0.05, 0) is 55.7 Å². The first-order valence-corrected chi connectivity index (χ1v) is 6.11. The highest BCUT2D eigenvalue weighted by Gasteiger charge is 2.26. The number of ketones is 1. The van der Waals surface area contributed by atoms with E-state index in [1.165, 1.54) is 36.8 Å². The summed E-state index contributed by atoms with van der Waals surface area (Å²) >= 11 is 0. The van der Waals surface area contributed by atoms with E-state index in [0.717, 1.165) is 12.0 Å². The molecule has 1 aromatic rings. The lowest BCUT2D eigenvalue weighted by molar-refractivity contribution is 0.101. The number of carbonyl (C=O) groups is 1. The summed E-state index contributed by atoms with van der Waals surface area (Å²) in [5.41, 5.74) is 6.73. The number of fused-ring (bicyclic) bond motifs is 2. The van der Waals surface area contributed by atoms with Crippen LogP contribution in [0.3, 0.4) is 0 Å². The summed E-state index contributed by atoms with van der Waals surface area (Å²) in [6.45, 7) is 1.67. The van der Waals surface area contributed by atoms with Crippen molar-refractivity contribution in [1.29, 1.82) is 0 Å². The average Bonchev–Trinajstić information content (AvgIpc) is 2.67. The predicted octanol–water partition coefficient (Wildman–Crippen LogP) is 3.77. The van der Waals surface area contributed by atoms with Gasteiger partial charge in [0.05, 0.1) is 0 Å². The first-order chi connectivity index (χ1) is 7.77. The van der Waals surface area contributed by atoms with Gasteiger partial charge < -0.3 is 0 Å². The van der Waals surface area contributed by atoms with Gasteiger partial charge >= 0.3 is 0 Å². The molecule has 0 atom stereocenters. The first kappa shape index (κ1) is 9.83. The van der Waals surface area contributed by atoms with Crippen LogP contribution in [-0.4, -0.2) is 5.78 Å². The Morgan fingerprint density at radius 3 is 2.81 bits per heavy atom. The molecule has 0 aromatic heterocycles. The zero-order valence-corrected chi connectivity index (χ0v) is 9.68. The number of benzene rings is 1. The normalized spacial score (nSPS) is 18.3. The molecule has 2 aliphatic rings. The third-order valence-electron chi connectivity index (χ3n) is 3.85. The Labute approximate surface area is 96.2 Å². The Bertz CT molecular complexity index is 494. The van der Waals surface area contributed by atoms with Crippen LogP contribution in [0.15, 0.2) is 23.8 Å². The molecule has 1 nitrogen and oxygen atoms in total. The smallest absolute Gasteiger partial charge is 0.160 e. The van der Waals surface area contributed by atoms with Crippen LogP contribution in [0.4, 0.5) is 0 Å². The number of Topliss-reactive ketones (excluding diaryl/α,β-unsaturated/α-hetero) is 1. The van der Waals surface area contributed by atoms with Crippen LogP contribution in [0.5, 0.6) is 0 Å². The molecule has 0 spiro atoms. The van der Waals surface area contributed by atoms with E-state index in [2.05, 4.69) is 6.07 Å². The summed E-state index contributed by atoms with van der Waals surface area (Å²) in [5.74, 6) is 0.205. The molecule has 3 rings (SSSR count).